The summed E-state index contributed by atoms with van der Waals surface area (Å²) < 4.78 is 0. The van der Waals surface area contributed by atoms with Gasteiger partial charge in [-0.25, -0.2) is 0 Å². The SMILES string of the molecule is Cc1ccc(NC(=O)CC(=O)Nc2ccc(N3CCC(C)CC3)cc2)c(C)c1. The Hall–Kier alpha value is -2.82. The number of benzene rings is 2. The first-order valence-corrected chi connectivity index (χ1v) is 9.92. The van der Waals surface area contributed by atoms with E-state index in [1.807, 2.05) is 56.3 Å². The van der Waals surface area contributed by atoms with E-state index in [0.717, 1.165) is 35.8 Å². The Morgan fingerprint density at radius 2 is 1.61 bits per heavy atom. The summed E-state index contributed by atoms with van der Waals surface area (Å²) in [6.45, 7) is 8.39. The molecule has 1 aliphatic heterocycles. The van der Waals surface area contributed by atoms with Crippen molar-refractivity contribution < 1.29 is 9.59 Å². The predicted octanol–water partition coefficient (Wildman–Crippen LogP) is 4.51. The van der Waals surface area contributed by atoms with Crippen LogP contribution in [0.15, 0.2) is 42.5 Å². The molecule has 28 heavy (non-hydrogen) atoms. The molecule has 2 N–H and O–H groups in total. The van der Waals surface area contributed by atoms with E-state index in [-0.39, 0.29) is 18.2 Å². The second-order valence-corrected chi connectivity index (χ2v) is 7.81. The van der Waals surface area contributed by atoms with Crippen LogP contribution in [0.4, 0.5) is 17.1 Å². The molecule has 2 aromatic rings. The molecule has 148 valence electrons. The number of carbonyl (C=O) groups is 2. The van der Waals surface area contributed by atoms with Crippen molar-refractivity contribution in [2.45, 2.75) is 40.0 Å². The molecule has 3 rings (SSSR count). The normalized spacial score (nSPS) is 14.6. The fourth-order valence-electron chi connectivity index (χ4n) is 3.52. The molecular formula is C23H29N3O2. The number of anilines is 3. The molecule has 0 bridgehead atoms. The van der Waals surface area contributed by atoms with E-state index < -0.39 is 0 Å². The Morgan fingerprint density at radius 3 is 2.25 bits per heavy atom. The van der Waals surface area contributed by atoms with Crippen molar-refractivity contribution in [3.05, 3.63) is 53.6 Å². The van der Waals surface area contributed by atoms with Crippen molar-refractivity contribution in [1.29, 1.82) is 0 Å². The zero-order chi connectivity index (χ0) is 20.1. The van der Waals surface area contributed by atoms with E-state index in [9.17, 15) is 9.59 Å². The molecule has 0 radical (unpaired) electrons. The maximum atomic E-state index is 12.2. The number of nitrogens with one attached hydrogen (secondary N) is 2. The van der Waals surface area contributed by atoms with Gasteiger partial charge in [0.1, 0.15) is 6.42 Å². The van der Waals surface area contributed by atoms with Crippen molar-refractivity contribution in [3.8, 4) is 0 Å². The van der Waals surface area contributed by atoms with Gasteiger partial charge in [0.15, 0.2) is 0 Å². The molecule has 2 aromatic carbocycles. The number of rotatable bonds is 5. The van der Waals surface area contributed by atoms with E-state index in [1.165, 1.54) is 18.5 Å². The van der Waals surface area contributed by atoms with Crippen LogP contribution in [0.25, 0.3) is 0 Å². The lowest BCUT2D eigenvalue weighted by Gasteiger charge is -2.32. The Balaban J connectivity index is 1.50. The fourth-order valence-corrected chi connectivity index (χ4v) is 3.52. The monoisotopic (exact) mass is 379 g/mol. The highest BCUT2D eigenvalue weighted by atomic mass is 16.2. The molecule has 0 aromatic heterocycles. The summed E-state index contributed by atoms with van der Waals surface area (Å²) >= 11 is 0. The van der Waals surface area contributed by atoms with Crippen molar-refractivity contribution in [2.24, 2.45) is 5.92 Å². The second-order valence-electron chi connectivity index (χ2n) is 7.81. The topological polar surface area (TPSA) is 61.4 Å². The molecule has 2 amide bonds. The number of amides is 2. The molecule has 5 heteroatoms. The van der Waals surface area contributed by atoms with Crippen LogP contribution in [-0.4, -0.2) is 24.9 Å². The summed E-state index contributed by atoms with van der Waals surface area (Å²) in [5, 5.41) is 5.60. The largest absolute Gasteiger partial charge is 0.372 e. The van der Waals surface area contributed by atoms with Gasteiger partial charge in [0.2, 0.25) is 11.8 Å². The molecule has 0 unspecified atom stereocenters. The first kappa shape index (κ1) is 19.9. The number of hydrogen-bond donors (Lipinski definition) is 2. The highest BCUT2D eigenvalue weighted by molar-refractivity contribution is 6.08. The minimum Gasteiger partial charge on any atom is -0.372 e. The lowest BCUT2D eigenvalue weighted by Crippen LogP contribution is -2.32. The quantitative estimate of drug-likeness (QED) is 0.752. The molecule has 0 saturated carbocycles. The van der Waals surface area contributed by atoms with Crippen molar-refractivity contribution in [2.75, 3.05) is 28.6 Å². The minimum absolute atomic E-state index is 0.209. The van der Waals surface area contributed by atoms with Crippen LogP contribution in [0.3, 0.4) is 0 Å². The van der Waals surface area contributed by atoms with Crippen LogP contribution in [-0.2, 0) is 9.59 Å². The first-order valence-electron chi connectivity index (χ1n) is 9.92. The highest BCUT2D eigenvalue weighted by Crippen LogP contribution is 2.24. The van der Waals surface area contributed by atoms with Gasteiger partial charge in [-0.2, -0.15) is 0 Å². The average Bonchev–Trinajstić information content (AvgIpc) is 2.65. The van der Waals surface area contributed by atoms with Crippen molar-refractivity contribution in [3.63, 3.8) is 0 Å². The van der Waals surface area contributed by atoms with Crippen LogP contribution < -0.4 is 15.5 Å². The van der Waals surface area contributed by atoms with Crippen LogP contribution in [0, 0.1) is 19.8 Å². The third-order valence-electron chi connectivity index (χ3n) is 5.28. The molecule has 0 aliphatic carbocycles. The van der Waals surface area contributed by atoms with E-state index in [0.29, 0.717) is 5.69 Å². The summed E-state index contributed by atoms with van der Waals surface area (Å²) in [5.74, 6) is 0.162. The van der Waals surface area contributed by atoms with Crippen molar-refractivity contribution in [1.82, 2.24) is 0 Å². The maximum Gasteiger partial charge on any atom is 0.233 e. The van der Waals surface area contributed by atoms with Gasteiger partial charge >= 0.3 is 0 Å². The Morgan fingerprint density at radius 1 is 0.964 bits per heavy atom. The van der Waals surface area contributed by atoms with Gasteiger partial charge in [-0.15, -0.1) is 0 Å². The van der Waals surface area contributed by atoms with E-state index in [4.69, 9.17) is 0 Å². The zero-order valence-electron chi connectivity index (χ0n) is 16.9. The third kappa shape index (κ3) is 5.35. The van der Waals surface area contributed by atoms with Gasteiger partial charge in [-0.3, -0.25) is 9.59 Å². The molecule has 1 saturated heterocycles. The third-order valence-corrected chi connectivity index (χ3v) is 5.28. The van der Waals surface area contributed by atoms with Crippen LogP contribution >= 0.6 is 0 Å². The fraction of sp³-hybridized carbons (Fsp3) is 0.391. The summed E-state index contributed by atoms with van der Waals surface area (Å²) in [4.78, 5) is 26.7. The molecule has 1 aliphatic rings. The Labute approximate surface area is 167 Å². The van der Waals surface area contributed by atoms with E-state index >= 15 is 0 Å². The predicted molar refractivity (Wildman–Crippen MR) is 115 cm³/mol. The van der Waals surface area contributed by atoms with Gasteiger partial charge in [0, 0.05) is 30.2 Å². The molecule has 1 heterocycles. The molecule has 0 atom stereocenters. The molecule has 1 fully saturated rings. The Bertz CT molecular complexity index is 837. The molecular weight excluding hydrogens is 350 g/mol. The maximum absolute atomic E-state index is 12.2. The molecule has 0 spiro atoms. The summed E-state index contributed by atoms with van der Waals surface area (Å²) in [6.07, 6.45) is 2.22. The highest BCUT2D eigenvalue weighted by Gasteiger charge is 2.16. The summed E-state index contributed by atoms with van der Waals surface area (Å²) in [6, 6.07) is 13.7. The van der Waals surface area contributed by atoms with Gasteiger partial charge < -0.3 is 15.5 Å². The first-order chi connectivity index (χ1) is 13.4. The van der Waals surface area contributed by atoms with Gasteiger partial charge in [0.05, 0.1) is 0 Å². The van der Waals surface area contributed by atoms with E-state index in [2.05, 4.69) is 22.5 Å². The van der Waals surface area contributed by atoms with Gasteiger partial charge in [-0.05, 0) is 68.5 Å². The van der Waals surface area contributed by atoms with Crippen LogP contribution in [0.1, 0.15) is 37.3 Å². The minimum atomic E-state index is -0.318. The summed E-state index contributed by atoms with van der Waals surface area (Å²) in [7, 11) is 0. The van der Waals surface area contributed by atoms with Crippen molar-refractivity contribution >= 4 is 28.9 Å². The van der Waals surface area contributed by atoms with Crippen LogP contribution in [0.2, 0.25) is 0 Å². The van der Waals surface area contributed by atoms with Crippen LogP contribution in [0.5, 0.6) is 0 Å². The Kier molecular flexibility index (Phi) is 6.34. The number of hydrogen-bond acceptors (Lipinski definition) is 3. The zero-order valence-corrected chi connectivity index (χ0v) is 16.9. The van der Waals surface area contributed by atoms with Gasteiger partial charge in [0.25, 0.3) is 0 Å². The number of aryl methyl sites for hydroxylation is 2. The van der Waals surface area contributed by atoms with Gasteiger partial charge in [-0.1, -0.05) is 24.6 Å². The lowest BCUT2D eigenvalue weighted by atomic mass is 9.99. The average molecular weight is 380 g/mol. The second kappa shape index (κ2) is 8.91. The standard InChI is InChI=1S/C23H29N3O2/c1-16-10-12-26(13-11-16)20-7-5-19(6-8-20)24-22(27)15-23(28)25-21-9-4-17(2)14-18(21)3/h4-9,14,16H,10-13,15H2,1-3H3,(H,24,27)(H,25,28). The number of carbonyl (C=O) groups excluding carboxylic acids is 2. The smallest absolute Gasteiger partial charge is 0.233 e. The molecule has 5 nitrogen and oxygen atoms in total. The number of piperidine rings is 1. The number of nitrogens with zero attached hydrogens (tertiary/aromatic N) is 1. The lowest BCUT2D eigenvalue weighted by molar-refractivity contribution is -0.123. The summed E-state index contributed by atoms with van der Waals surface area (Å²) in [5.41, 5.74) is 4.74. The van der Waals surface area contributed by atoms with E-state index in [1.54, 1.807) is 0 Å².